The Morgan fingerprint density at radius 1 is 1.05 bits per heavy atom. The van der Waals surface area contributed by atoms with Gasteiger partial charge in [0.1, 0.15) is 0 Å². The van der Waals surface area contributed by atoms with Crippen molar-refractivity contribution in [3.8, 4) is 0 Å². The number of nitrogens with one attached hydrogen (secondary N) is 1. The molecule has 21 heavy (non-hydrogen) atoms. The van der Waals surface area contributed by atoms with Gasteiger partial charge in [-0.05, 0) is 53.9 Å². The molecule has 2 aromatic carbocycles. The summed E-state index contributed by atoms with van der Waals surface area (Å²) in [5.41, 5.74) is 5.85. The number of aryl methyl sites for hydroxylation is 1. The largest absolute Gasteiger partial charge is 0.378 e. The van der Waals surface area contributed by atoms with E-state index in [0.717, 1.165) is 18.3 Å². The zero-order chi connectivity index (χ0) is 14.2. The first-order valence-electron chi connectivity index (χ1n) is 8.31. The molecule has 1 aliphatic carbocycles. The zero-order valence-corrected chi connectivity index (χ0v) is 12.7. The van der Waals surface area contributed by atoms with Gasteiger partial charge >= 0.3 is 0 Å². The third-order valence-corrected chi connectivity index (χ3v) is 5.39. The van der Waals surface area contributed by atoms with Crippen molar-refractivity contribution < 1.29 is 0 Å². The van der Waals surface area contributed by atoms with E-state index >= 15 is 0 Å². The highest BCUT2D eigenvalue weighted by atomic mass is 15.0. The van der Waals surface area contributed by atoms with Gasteiger partial charge < -0.3 is 5.32 Å². The first-order valence-corrected chi connectivity index (χ1v) is 8.31. The normalized spacial score (nSPS) is 26.8. The molecule has 1 aliphatic heterocycles. The lowest BCUT2D eigenvalue weighted by molar-refractivity contribution is 0.406. The second kappa shape index (κ2) is 5.22. The van der Waals surface area contributed by atoms with Gasteiger partial charge in [0.05, 0.1) is 6.04 Å². The molecule has 4 rings (SSSR count). The summed E-state index contributed by atoms with van der Waals surface area (Å²) in [5, 5.41) is 3.84. The Morgan fingerprint density at radius 3 is 2.71 bits per heavy atom. The summed E-state index contributed by atoms with van der Waals surface area (Å²) >= 11 is 0. The molecule has 1 saturated carbocycles. The van der Waals surface area contributed by atoms with Crippen LogP contribution in [-0.4, -0.2) is 0 Å². The van der Waals surface area contributed by atoms with Crippen LogP contribution in [0.4, 0.5) is 5.69 Å². The summed E-state index contributed by atoms with van der Waals surface area (Å²) in [4.78, 5) is 0. The van der Waals surface area contributed by atoms with Crippen LogP contribution in [0.2, 0.25) is 0 Å². The van der Waals surface area contributed by atoms with Gasteiger partial charge in [-0.3, -0.25) is 0 Å². The maximum absolute atomic E-state index is 3.84. The summed E-state index contributed by atoms with van der Waals surface area (Å²) in [6.07, 6.45) is 5.21. The Balaban J connectivity index is 1.77. The molecule has 1 unspecified atom stereocenters. The molecule has 1 heterocycles. The second-order valence-corrected chi connectivity index (χ2v) is 6.51. The fourth-order valence-electron chi connectivity index (χ4n) is 4.31. The average Bonchev–Trinajstić information content (AvgIpc) is 3.04. The first kappa shape index (κ1) is 12.9. The average molecular weight is 277 g/mol. The predicted molar refractivity (Wildman–Crippen MR) is 88.7 cm³/mol. The van der Waals surface area contributed by atoms with Gasteiger partial charge in [-0.2, -0.15) is 0 Å². The highest BCUT2D eigenvalue weighted by Crippen LogP contribution is 2.52. The Hall–Kier alpha value is -1.76. The molecular weight excluding hydrogens is 254 g/mol. The number of fused-ring (bicyclic) bond motifs is 3. The van der Waals surface area contributed by atoms with Crippen LogP contribution in [0.5, 0.6) is 0 Å². The lowest BCUT2D eigenvalue weighted by Crippen LogP contribution is -2.28. The number of hydrogen-bond donors (Lipinski definition) is 1. The quantitative estimate of drug-likeness (QED) is 0.785. The topological polar surface area (TPSA) is 12.0 Å². The molecule has 3 atom stereocenters. The van der Waals surface area contributed by atoms with Crippen LogP contribution in [0.1, 0.15) is 54.8 Å². The lowest BCUT2D eigenvalue weighted by atomic mass is 9.77. The minimum Gasteiger partial charge on any atom is -0.378 e. The Kier molecular flexibility index (Phi) is 3.21. The van der Waals surface area contributed by atoms with E-state index in [2.05, 4.69) is 60.8 Å². The van der Waals surface area contributed by atoms with Crippen LogP contribution in [0.3, 0.4) is 0 Å². The monoisotopic (exact) mass is 277 g/mol. The van der Waals surface area contributed by atoms with Crippen molar-refractivity contribution >= 4 is 5.69 Å². The molecule has 1 N–H and O–H groups in total. The van der Waals surface area contributed by atoms with Gasteiger partial charge in [0.2, 0.25) is 0 Å². The predicted octanol–water partition coefficient (Wildman–Crippen LogP) is 5.30. The fourth-order valence-corrected chi connectivity index (χ4v) is 4.31. The minimum atomic E-state index is 0.485. The minimum absolute atomic E-state index is 0.485. The maximum Gasteiger partial charge on any atom is 0.0547 e. The Morgan fingerprint density at radius 2 is 1.90 bits per heavy atom. The van der Waals surface area contributed by atoms with Crippen LogP contribution in [0.15, 0.2) is 48.5 Å². The van der Waals surface area contributed by atoms with Crippen molar-refractivity contribution in [2.24, 2.45) is 5.92 Å². The van der Waals surface area contributed by atoms with Crippen molar-refractivity contribution in [1.29, 1.82) is 0 Å². The van der Waals surface area contributed by atoms with Gasteiger partial charge in [-0.15, -0.1) is 0 Å². The van der Waals surface area contributed by atoms with Crippen LogP contribution in [0, 0.1) is 5.92 Å². The summed E-state index contributed by atoms with van der Waals surface area (Å²) in [5.74, 6) is 1.50. The SMILES string of the molecule is CCc1ccc2c(c1)C1CCC[C@H]1[C@@H](c1ccccc1)N2. The second-order valence-electron chi connectivity index (χ2n) is 6.51. The van der Waals surface area contributed by atoms with Crippen LogP contribution in [-0.2, 0) is 6.42 Å². The number of rotatable bonds is 2. The standard InChI is InChI=1S/C20H23N/c1-2-14-11-12-19-18(13-14)16-9-6-10-17(16)20(21-19)15-7-4-3-5-8-15/h3-5,7-8,11-13,16-17,20-21H,2,6,9-10H2,1H3/t16?,17-,20-/m1/s1. The third-order valence-electron chi connectivity index (χ3n) is 5.39. The highest BCUT2D eigenvalue weighted by Gasteiger charge is 2.40. The number of anilines is 1. The van der Waals surface area contributed by atoms with E-state index in [1.54, 1.807) is 5.56 Å². The highest BCUT2D eigenvalue weighted by molar-refractivity contribution is 5.59. The van der Waals surface area contributed by atoms with Gasteiger partial charge in [-0.1, -0.05) is 55.8 Å². The molecule has 0 radical (unpaired) electrons. The third kappa shape index (κ3) is 2.16. The molecule has 0 aromatic heterocycles. The van der Waals surface area contributed by atoms with Crippen molar-refractivity contribution in [2.75, 3.05) is 5.32 Å². The van der Waals surface area contributed by atoms with E-state index < -0.39 is 0 Å². The van der Waals surface area contributed by atoms with Crippen molar-refractivity contribution in [2.45, 2.75) is 44.6 Å². The van der Waals surface area contributed by atoms with Gasteiger partial charge in [0.25, 0.3) is 0 Å². The van der Waals surface area contributed by atoms with Crippen LogP contribution < -0.4 is 5.32 Å². The number of benzene rings is 2. The number of hydrogen-bond acceptors (Lipinski definition) is 1. The molecule has 108 valence electrons. The lowest BCUT2D eigenvalue weighted by Gasteiger charge is -2.38. The van der Waals surface area contributed by atoms with Crippen LogP contribution in [0.25, 0.3) is 0 Å². The molecule has 2 aliphatic rings. The van der Waals surface area contributed by atoms with E-state index in [4.69, 9.17) is 0 Å². The van der Waals surface area contributed by atoms with Crippen molar-refractivity contribution in [3.05, 3.63) is 65.2 Å². The van der Waals surface area contributed by atoms with E-state index in [1.807, 2.05) is 0 Å². The molecule has 0 spiro atoms. The molecular formula is C20H23N. The summed E-state index contributed by atoms with van der Waals surface area (Å²) < 4.78 is 0. The Bertz CT molecular complexity index is 632. The molecule has 1 fully saturated rings. The molecule has 0 bridgehead atoms. The summed E-state index contributed by atoms with van der Waals surface area (Å²) in [6.45, 7) is 2.25. The summed E-state index contributed by atoms with van der Waals surface area (Å²) in [7, 11) is 0. The summed E-state index contributed by atoms with van der Waals surface area (Å²) in [6, 6.07) is 18.5. The van der Waals surface area contributed by atoms with Crippen molar-refractivity contribution in [1.82, 2.24) is 0 Å². The van der Waals surface area contributed by atoms with Gasteiger partial charge in [0, 0.05) is 5.69 Å². The van der Waals surface area contributed by atoms with Gasteiger partial charge in [0.15, 0.2) is 0 Å². The van der Waals surface area contributed by atoms with E-state index in [-0.39, 0.29) is 0 Å². The van der Waals surface area contributed by atoms with E-state index in [0.29, 0.717) is 6.04 Å². The maximum atomic E-state index is 3.84. The molecule has 1 nitrogen and oxygen atoms in total. The van der Waals surface area contributed by atoms with E-state index in [9.17, 15) is 0 Å². The zero-order valence-electron chi connectivity index (χ0n) is 12.7. The smallest absolute Gasteiger partial charge is 0.0547 e. The molecule has 1 heteroatoms. The van der Waals surface area contributed by atoms with Gasteiger partial charge in [-0.25, -0.2) is 0 Å². The van der Waals surface area contributed by atoms with E-state index in [1.165, 1.54) is 36.1 Å². The molecule has 0 saturated heterocycles. The Labute approximate surface area is 127 Å². The van der Waals surface area contributed by atoms with Crippen LogP contribution >= 0.6 is 0 Å². The van der Waals surface area contributed by atoms with Crippen molar-refractivity contribution in [3.63, 3.8) is 0 Å². The fraction of sp³-hybridized carbons (Fsp3) is 0.400. The first-order chi connectivity index (χ1) is 10.4. The molecule has 0 amide bonds. The molecule has 2 aromatic rings.